The van der Waals surface area contributed by atoms with Crippen LogP contribution in [-0.4, -0.2) is 27.4 Å². The first-order chi connectivity index (χ1) is 13.1. The molecule has 1 aliphatic rings. The van der Waals surface area contributed by atoms with Gasteiger partial charge in [-0.25, -0.2) is 9.38 Å². The van der Waals surface area contributed by atoms with E-state index in [4.69, 9.17) is 28.3 Å². The zero-order valence-electron chi connectivity index (χ0n) is 14.3. The predicted octanol–water partition coefficient (Wildman–Crippen LogP) is 4.14. The van der Waals surface area contributed by atoms with Gasteiger partial charge in [0.15, 0.2) is 16.6 Å². The normalized spacial score (nSPS) is 15.4. The van der Waals surface area contributed by atoms with Crippen LogP contribution in [0.2, 0.25) is 5.02 Å². The van der Waals surface area contributed by atoms with Gasteiger partial charge in [0.1, 0.15) is 17.8 Å². The van der Waals surface area contributed by atoms with E-state index in [0.717, 1.165) is 12.8 Å². The minimum atomic E-state index is -0.558. The Kier molecular flexibility index (Phi) is 6.59. The van der Waals surface area contributed by atoms with Gasteiger partial charge in [-0.2, -0.15) is 0 Å². The number of aromatic nitrogens is 1. The maximum absolute atomic E-state index is 13.3. The topological polar surface area (TPSA) is 94.7 Å². The number of hydrogen-bond donors (Lipinski definition) is 4. The Morgan fingerprint density at radius 2 is 2.11 bits per heavy atom. The fraction of sp³-hybridized carbons (Fsp3) is 0.353. The van der Waals surface area contributed by atoms with Crippen LogP contribution in [0.4, 0.5) is 15.8 Å². The second kappa shape index (κ2) is 9.12. The van der Waals surface area contributed by atoms with Crippen LogP contribution in [0.5, 0.6) is 0 Å². The highest BCUT2D eigenvalue weighted by Gasteiger charge is 2.18. The molecule has 3 rings (SSSR count). The molecule has 0 saturated heterocycles. The molecule has 7 nitrogen and oxygen atoms in total. The van der Waals surface area contributed by atoms with Gasteiger partial charge in [-0.1, -0.05) is 36.0 Å². The Morgan fingerprint density at radius 3 is 2.81 bits per heavy atom. The zero-order chi connectivity index (χ0) is 19.2. The van der Waals surface area contributed by atoms with E-state index in [1.807, 2.05) is 5.48 Å². The molecular weight excluding hydrogens is 393 g/mol. The Balaban J connectivity index is 1.74. The van der Waals surface area contributed by atoms with Gasteiger partial charge in [0.2, 0.25) is 0 Å². The molecule has 1 aromatic heterocycles. The lowest BCUT2D eigenvalue weighted by Crippen LogP contribution is -2.39. The summed E-state index contributed by atoms with van der Waals surface area (Å²) in [5.41, 5.74) is 2.94. The number of hydroxylamine groups is 1. The summed E-state index contributed by atoms with van der Waals surface area (Å²) in [4.78, 5) is 4.18. The van der Waals surface area contributed by atoms with Crippen LogP contribution >= 0.6 is 23.8 Å². The fourth-order valence-electron chi connectivity index (χ4n) is 2.90. The number of anilines is 1. The average molecular weight is 412 g/mol. The molecule has 0 bridgehead atoms. The lowest BCUT2D eigenvalue weighted by molar-refractivity contribution is 0.234. The van der Waals surface area contributed by atoms with Gasteiger partial charge in [0.25, 0.3) is 0 Å². The fourth-order valence-corrected chi connectivity index (χ4v) is 3.35. The number of rotatable bonds is 4. The first-order valence-electron chi connectivity index (χ1n) is 8.53. The van der Waals surface area contributed by atoms with Crippen LogP contribution in [-0.2, 0) is 0 Å². The van der Waals surface area contributed by atoms with Gasteiger partial charge in [-0.05, 0) is 43.3 Å². The second-order valence-electron chi connectivity index (χ2n) is 6.18. The largest absolute Gasteiger partial charge is 0.362 e. The van der Waals surface area contributed by atoms with Crippen molar-refractivity contribution >= 4 is 46.1 Å². The van der Waals surface area contributed by atoms with Gasteiger partial charge < -0.3 is 15.2 Å². The Morgan fingerprint density at radius 1 is 1.33 bits per heavy atom. The van der Waals surface area contributed by atoms with Gasteiger partial charge in [-0.3, -0.25) is 10.7 Å². The molecular formula is C17H19ClFN5O2S. The lowest BCUT2D eigenvalue weighted by atomic mass is 9.96. The van der Waals surface area contributed by atoms with Crippen molar-refractivity contribution in [1.29, 1.82) is 0 Å². The summed E-state index contributed by atoms with van der Waals surface area (Å²) >= 11 is 11.1. The number of amidine groups is 1. The summed E-state index contributed by atoms with van der Waals surface area (Å²) in [6.07, 6.45) is 7.13. The van der Waals surface area contributed by atoms with E-state index in [1.54, 1.807) is 0 Å². The van der Waals surface area contributed by atoms with Crippen molar-refractivity contribution in [3.05, 3.63) is 41.0 Å². The molecule has 1 aromatic carbocycles. The van der Waals surface area contributed by atoms with Crippen molar-refractivity contribution in [3.63, 3.8) is 0 Å². The SMILES string of the molecule is ONC(=Nc1ccc(F)c(Cl)c1)c1nocc1NC(=S)NC1CCCCC1. The molecule has 0 aliphatic heterocycles. The highest BCUT2D eigenvalue weighted by Crippen LogP contribution is 2.23. The molecule has 1 saturated carbocycles. The number of nitrogens with zero attached hydrogens (tertiary/aromatic N) is 2. The summed E-state index contributed by atoms with van der Waals surface area (Å²) in [5.74, 6) is -0.563. The Labute approximate surface area is 165 Å². The second-order valence-corrected chi connectivity index (χ2v) is 7.00. The minimum Gasteiger partial charge on any atom is -0.362 e. The molecule has 1 heterocycles. The maximum atomic E-state index is 13.3. The lowest BCUT2D eigenvalue weighted by Gasteiger charge is -2.24. The Hall–Kier alpha value is -2.23. The van der Waals surface area contributed by atoms with Crippen molar-refractivity contribution in [2.24, 2.45) is 4.99 Å². The van der Waals surface area contributed by atoms with Crippen LogP contribution in [0.15, 0.2) is 34.0 Å². The van der Waals surface area contributed by atoms with E-state index >= 15 is 0 Å². The molecule has 1 aliphatic carbocycles. The molecule has 0 spiro atoms. The highest BCUT2D eigenvalue weighted by molar-refractivity contribution is 7.80. The molecule has 144 valence electrons. The third kappa shape index (κ3) is 5.15. The first kappa shape index (κ1) is 19.5. The van der Waals surface area contributed by atoms with Gasteiger partial charge in [-0.15, -0.1) is 0 Å². The highest BCUT2D eigenvalue weighted by atomic mass is 35.5. The maximum Gasteiger partial charge on any atom is 0.182 e. The monoisotopic (exact) mass is 411 g/mol. The van der Waals surface area contributed by atoms with E-state index in [2.05, 4.69) is 20.8 Å². The number of benzene rings is 1. The predicted molar refractivity (Wildman–Crippen MR) is 105 cm³/mol. The van der Waals surface area contributed by atoms with Crippen LogP contribution in [0.3, 0.4) is 0 Å². The Bertz CT molecular complexity index is 838. The summed E-state index contributed by atoms with van der Waals surface area (Å²) in [6.45, 7) is 0. The van der Waals surface area contributed by atoms with Crippen molar-refractivity contribution in [3.8, 4) is 0 Å². The zero-order valence-corrected chi connectivity index (χ0v) is 15.9. The number of thiocarbonyl (C=S) groups is 1. The number of nitrogens with one attached hydrogen (secondary N) is 3. The molecule has 0 unspecified atom stereocenters. The van der Waals surface area contributed by atoms with Crippen molar-refractivity contribution in [2.75, 3.05) is 5.32 Å². The smallest absolute Gasteiger partial charge is 0.182 e. The molecule has 0 amide bonds. The molecule has 0 atom stereocenters. The molecule has 10 heteroatoms. The van der Waals surface area contributed by atoms with Crippen molar-refractivity contribution in [1.82, 2.24) is 16.0 Å². The van der Waals surface area contributed by atoms with Crippen LogP contribution in [0.25, 0.3) is 0 Å². The summed E-state index contributed by atoms with van der Waals surface area (Å²) in [6, 6.07) is 4.27. The number of hydrogen-bond acceptors (Lipinski definition) is 5. The van der Waals surface area contributed by atoms with Gasteiger partial charge in [0.05, 0.1) is 10.7 Å². The summed E-state index contributed by atoms with van der Waals surface area (Å²) in [7, 11) is 0. The van der Waals surface area contributed by atoms with E-state index in [-0.39, 0.29) is 16.6 Å². The molecule has 2 aromatic rings. The first-order valence-corrected chi connectivity index (χ1v) is 9.31. The van der Waals surface area contributed by atoms with Crippen molar-refractivity contribution < 1.29 is 14.1 Å². The van der Waals surface area contributed by atoms with Gasteiger partial charge >= 0.3 is 0 Å². The minimum absolute atomic E-state index is 0.00519. The van der Waals surface area contributed by atoms with Gasteiger partial charge in [0, 0.05) is 6.04 Å². The van der Waals surface area contributed by atoms with E-state index in [1.165, 1.54) is 43.7 Å². The molecule has 1 fully saturated rings. The third-order valence-electron chi connectivity index (χ3n) is 4.23. The summed E-state index contributed by atoms with van der Waals surface area (Å²) in [5, 5.41) is 19.9. The van der Waals surface area contributed by atoms with Crippen LogP contribution in [0.1, 0.15) is 37.8 Å². The van der Waals surface area contributed by atoms with E-state index < -0.39 is 5.82 Å². The summed E-state index contributed by atoms with van der Waals surface area (Å²) < 4.78 is 18.3. The van der Waals surface area contributed by atoms with E-state index in [0.29, 0.717) is 22.5 Å². The number of aliphatic imine (C=N–C) groups is 1. The van der Waals surface area contributed by atoms with Crippen LogP contribution in [0, 0.1) is 5.82 Å². The van der Waals surface area contributed by atoms with Crippen LogP contribution < -0.4 is 16.1 Å². The third-order valence-corrected chi connectivity index (χ3v) is 4.74. The quantitative estimate of drug-likeness (QED) is 0.260. The van der Waals surface area contributed by atoms with Crippen molar-refractivity contribution in [2.45, 2.75) is 38.1 Å². The average Bonchev–Trinajstić information content (AvgIpc) is 3.11. The number of halogens is 2. The molecule has 4 N–H and O–H groups in total. The molecule has 0 radical (unpaired) electrons. The molecule has 27 heavy (non-hydrogen) atoms. The van der Waals surface area contributed by atoms with E-state index in [9.17, 15) is 9.60 Å². The standard InChI is InChI=1S/C17H19ClFN5O2S/c18-12-8-11(6-7-13(12)19)20-16(23-25)15-14(9-26-24-15)22-17(27)21-10-4-2-1-3-5-10/h6-10,25H,1-5H2,(H,20,23)(H2,21,22,27).